The van der Waals surface area contributed by atoms with Crippen molar-refractivity contribution in [3.8, 4) is 11.5 Å². The van der Waals surface area contributed by atoms with E-state index in [1.165, 1.54) is 6.42 Å². The first-order valence-electron chi connectivity index (χ1n) is 8.28. The summed E-state index contributed by atoms with van der Waals surface area (Å²) in [5.74, 6) is 1.40. The number of benzene rings is 1. The molecule has 0 heterocycles. The molecule has 2 rings (SSSR count). The molecule has 0 aliphatic heterocycles. The maximum Gasteiger partial charge on any atom is 0.242 e. The van der Waals surface area contributed by atoms with Gasteiger partial charge < -0.3 is 20.1 Å². The molecule has 1 fully saturated rings. The number of carbonyl (C=O) groups excluding carboxylic acids is 1. The maximum absolute atomic E-state index is 12.8. The molecule has 5 nitrogen and oxygen atoms in total. The number of thioether (sulfide) groups is 1. The predicted octanol–water partition coefficient (Wildman–Crippen LogP) is 3.05. The zero-order chi connectivity index (χ0) is 17.7. The SMILES string of the molecule is COc1cc(CN(C)C(=O)C2(N)CCCCC2)c(SC)cc1OC. The average molecular weight is 352 g/mol. The molecule has 2 N–H and O–H groups in total. The van der Waals surface area contributed by atoms with Crippen LogP contribution in [0.15, 0.2) is 17.0 Å². The van der Waals surface area contributed by atoms with E-state index in [9.17, 15) is 4.79 Å². The molecular formula is C18H28N2O3S. The highest BCUT2D eigenvalue weighted by molar-refractivity contribution is 7.98. The minimum atomic E-state index is -0.705. The molecule has 0 saturated heterocycles. The van der Waals surface area contributed by atoms with Crippen molar-refractivity contribution in [2.24, 2.45) is 5.73 Å². The van der Waals surface area contributed by atoms with Crippen molar-refractivity contribution in [1.82, 2.24) is 4.90 Å². The number of likely N-dealkylation sites (N-methyl/N-ethyl adjacent to an activating group) is 1. The van der Waals surface area contributed by atoms with Crippen molar-refractivity contribution < 1.29 is 14.3 Å². The Bertz CT molecular complexity index is 586. The van der Waals surface area contributed by atoms with Gasteiger partial charge in [0.05, 0.1) is 19.8 Å². The van der Waals surface area contributed by atoms with E-state index in [2.05, 4.69) is 0 Å². The van der Waals surface area contributed by atoms with Crippen molar-refractivity contribution >= 4 is 17.7 Å². The van der Waals surface area contributed by atoms with E-state index < -0.39 is 5.54 Å². The lowest BCUT2D eigenvalue weighted by Crippen LogP contribution is -2.55. The van der Waals surface area contributed by atoms with Crippen LogP contribution in [0.5, 0.6) is 11.5 Å². The minimum Gasteiger partial charge on any atom is -0.493 e. The first-order chi connectivity index (χ1) is 11.4. The highest BCUT2D eigenvalue weighted by atomic mass is 32.2. The molecule has 6 heteroatoms. The quantitative estimate of drug-likeness (QED) is 0.797. The van der Waals surface area contributed by atoms with Crippen molar-refractivity contribution in [2.75, 3.05) is 27.5 Å². The molecular weight excluding hydrogens is 324 g/mol. The third kappa shape index (κ3) is 3.98. The van der Waals surface area contributed by atoms with Gasteiger partial charge in [-0.1, -0.05) is 19.3 Å². The van der Waals surface area contributed by atoms with Crippen LogP contribution in [0.1, 0.15) is 37.7 Å². The van der Waals surface area contributed by atoms with Gasteiger partial charge >= 0.3 is 0 Å². The second-order valence-electron chi connectivity index (χ2n) is 6.40. The van der Waals surface area contributed by atoms with Crippen LogP contribution in [0.2, 0.25) is 0 Å². The Morgan fingerprint density at radius 1 is 1.21 bits per heavy atom. The molecule has 1 aliphatic rings. The highest BCUT2D eigenvalue weighted by Gasteiger charge is 2.37. The summed E-state index contributed by atoms with van der Waals surface area (Å²) in [6, 6.07) is 3.90. The summed E-state index contributed by atoms with van der Waals surface area (Å²) < 4.78 is 10.8. The van der Waals surface area contributed by atoms with E-state index in [1.807, 2.05) is 25.4 Å². The van der Waals surface area contributed by atoms with Crippen molar-refractivity contribution in [2.45, 2.75) is 49.1 Å². The fraction of sp³-hybridized carbons (Fsp3) is 0.611. The number of carbonyl (C=O) groups is 1. The predicted molar refractivity (Wildman–Crippen MR) is 97.8 cm³/mol. The number of rotatable bonds is 6. The first kappa shape index (κ1) is 18.9. The lowest BCUT2D eigenvalue weighted by molar-refractivity contribution is -0.137. The number of amides is 1. The van der Waals surface area contributed by atoms with E-state index in [1.54, 1.807) is 30.9 Å². The maximum atomic E-state index is 12.8. The largest absolute Gasteiger partial charge is 0.493 e. The van der Waals surface area contributed by atoms with Crippen LogP contribution in [0.4, 0.5) is 0 Å². The van der Waals surface area contributed by atoms with Gasteiger partial charge in [-0.15, -0.1) is 11.8 Å². The fourth-order valence-electron chi connectivity index (χ4n) is 3.32. The Balaban J connectivity index is 2.21. The van der Waals surface area contributed by atoms with Gasteiger partial charge in [-0.05, 0) is 36.8 Å². The van der Waals surface area contributed by atoms with Gasteiger partial charge in [0.1, 0.15) is 0 Å². The topological polar surface area (TPSA) is 64.8 Å². The summed E-state index contributed by atoms with van der Waals surface area (Å²) >= 11 is 1.63. The van der Waals surface area contributed by atoms with Crippen LogP contribution in [-0.4, -0.2) is 43.9 Å². The Labute approximate surface area is 148 Å². The van der Waals surface area contributed by atoms with Crippen molar-refractivity contribution in [1.29, 1.82) is 0 Å². The lowest BCUT2D eigenvalue weighted by Gasteiger charge is -2.35. The molecule has 0 aromatic heterocycles. The van der Waals surface area contributed by atoms with Crippen LogP contribution >= 0.6 is 11.8 Å². The van der Waals surface area contributed by atoms with Gasteiger partial charge in [0.25, 0.3) is 0 Å². The smallest absolute Gasteiger partial charge is 0.242 e. The fourth-order valence-corrected chi connectivity index (χ4v) is 3.93. The Morgan fingerprint density at radius 2 is 1.79 bits per heavy atom. The second kappa shape index (κ2) is 8.12. The zero-order valence-corrected chi connectivity index (χ0v) is 15.9. The summed E-state index contributed by atoms with van der Waals surface area (Å²) in [6.45, 7) is 0.508. The number of hydrogen-bond donors (Lipinski definition) is 1. The Morgan fingerprint density at radius 3 is 2.33 bits per heavy atom. The summed E-state index contributed by atoms with van der Waals surface area (Å²) in [6.07, 6.45) is 6.79. The van der Waals surface area contributed by atoms with Crippen molar-refractivity contribution in [3.05, 3.63) is 17.7 Å². The highest BCUT2D eigenvalue weighted by Crippen LogP contribution is 2.35. The molecule has 0 atom stereocenters. The Kier molecular flexibility index (Phi) is 6.40. The number of hydrogen-bond acceptors (Lipinski definition) is 5. The standard InChI is InChI=1S/C18H28N2O3S/c1-20(17(21)18(19)8-6-5-7-9-18)12-13-10-14(22-2)15(23-3)11-16(13)24-4/h10-11H,5-9,12,19H2,1-4H3. The summed E-state index contributed by atoms with van der Waals surface area (Å²) in [5, 5.41) is 0. The number of methoxy groups -OCH3 is 2. The molecule has 1 amide bonds. The number of nitrogens with zero attached hydrogens (tertiary/aromatic N) is 1. The van der Waals surface area contributed by atoms with Gasteiger partial charge in [0.2, 0.25) is 5.91 Å². The van der Waals surface area contributed by atoms with Gasteiger partial charge in [-0.2, -0.15) is 0 Å². The molecule has 1 saturated carbocycles. The third-order valence-electron chi connectivity index (χ3n) is 4.71. The second-order valence-corrected chi connectivity index (χ2v) is 7.25. The molecule has 0 unspecified atom stereocenters. The summed E-state index contributed by atoms with van der Waals surface area (Å²) in [4.78, 5) is 15.7. The average Bonchev–Trinajstić information content (AvgIpc) is 2.61. The van der Waals surface area contributed by atoms with Gasteiger partial charge in [-0.25, -0.2) is 0 Å². The van der Waals surface area contributed by atoms with E-state index in [4.69, 9.17) is 15.2 Å². The monoisotopic (exact) mass is 352 g/mol. The molecule has 1 aromatic rings. The van der Waals surface area contributed by atoms with Crippen LogP contribution < -0.4 is 15.2 Å². The van der Waals surface area contributed by atoms with E-state index in [-0.39, 0.29) is 5.91 Å². The lowest BCUT2D eigenvalue weighted by atomic mass is 9.81. The van der Waals surface area contributed by atoms with E-state index in [0.29, 0.717) is 18.0 Å². The number of ether oxygens (including phenoxy) is 2. The molecule has 0 bridgehead atoms. The van der Waals surface area contributed by atoms with Crippen LogP contribution in [-0.2, 0) is 11.3 Å². The van der Waals surface area contributed by atoms with Crippen LogP contribution in [0.3, 0.4) is 0 Å². The van der Waals surface area contributed by atoms with Crippen LogP contribution in [0, 0.1) is 0 Å². The summed E-state index contributed by atoms with van der Waals surface area (Å²) in [7, 11) is 5.07. The van der Waals surface area contributed by atoms with Crippen LogP contribution in [0.25, 0.3) is 0 Å². The molecule has 134 valence electrons. The minimum absolute atomic E-state index is 0.0315. The summed E-state index contributed by atoms with van der Waals surface area (Å²) in [5.41, 5.74) is 6.72. The van der Waals surface area contributed by atoms with Gasteiger partial charge in [0, 0.05) is 18.5 Å². The van der Waals surface area contributed by atoms with E-state index >= 15 is 0 Å². The zero-order valence-electron chi connectivity index (χ0n) is 15.1. The normalized spacial score (nSPS) is 16.5. The molecule has 0 spiro atoms. The molecule has 0 radical (unpaired) electrons. The Hall–Kier alpha value is -1.40. The van der Waals surface area contributed by atoms with Crippen molar-refractivity contribution in [3.63, 3.8) is 0 Å². The van der Waals surface area contributed by atoms with E-state index in [0.717, 1.165) is 36.1 Å². The third-order valence-corrected chi connectivity index (χ3v) is 5.53. The van der Waals surface area contributed by atoms with Gasteiger partial charge in [0.15, 0.2) is 11.5 Å². The number of nitrogens with two attached hydrogens (primary N) is 1. The molecule has 24 heavy (non-hydrogen) atoms. The molecule has 1 aliphatic carbocycles. The molecule has 1 aromatic carbocycles. The first-order valence-corrected chi connectivity index (χ1v) is 9.51. The van der Waals surface area contributed by atoms with Gasteiger partial charge in [-0.3, -0.25) is 4.79 Å².